The number of nitro groups is 1. The van der Waals surface area contributed by atoms with Crippen LogP contribution in [0.3, 0.4) is 0 Å². The third-order valence-electron chi connectivity index (χ3n) is 4.45. The summed E-state index contributed by atoms with van der Waals surface area (Å²) in [4.78, 5) is 10.4. The average Bonchev–Trinajstić information content (AvgIpc) is 2.73. The second-order valence-corrected chi connectivity index (χ2v) is 7.62. The number of anilines is 1. The van der Waals surface area contributed by atoms with Crippen LogP contribution in [-0.4, -0.2) is 11.5 Å². The SMILES string of the molecule is CCOc1cc(CNc2ccc(C)cc2)cc(Br)c1OCc1ccc([N+](=O)[O-])cc1. The summed E-state index contributed by atoms with van der Waals surface area (Å²) in [7, 11) is 0. The first-order valence-electron chi connectivity index (χ1n) is 9.58. The number of hydrogen-bond acceptors (Lipinski definition) is 5. The summed E-state index contributed by atoms with van der Waals surface area (Å²) in [6.45, 7) is 5.41. The Morgan fingerprint density at radius 3 is 2.33 bits per heavy atom. The lowest BCUT2D eigenvalue weighted by Gasteiger charge is -2.16. The number of hydrogen-bond donors (Lipinski definition) is 1. The first kappa shape index (κ1) is 21.6. The van der Waals surface area contributed by atoms with Gasteiger partial charge in [-0.25, -0.2) is 0 Å². The van der Waals surface area contributed by atoms with E-state index in [9.17, 15) is 10.1 Å². The number of ether oxygens (including phenoxy) is 2. The molecule has 0 aliphatic rings. The zero-order chi connectivity index (χ0) is 21.5. The van der Waals surface area contributed by atoms with Crippen molar-refractivity contribution < 1.29 is 14.4 Å². The van der Waals surface area contributed by atoms with Crippen LogP contribution >= 0.6 is 15.9 Å². The first-order valence-corrected chi connectivity index (χ1v) is 10.4. The maximum Gasteiger partial charge on any atom is 0.269 e. The molecule has 156 valence electrons. The molecule has 0 radical (unpaired) electrons. The van der Waals surface area contributed by atoms with E-state index < -0.39 is 4.92 Å². The van der Waals surface area contributed by atoms with Gasteiger partial charge < -0.3 is 14.8 Å². The molecule has 0 aliphatic carbocycles. The number of halogens is 1. The number of nitro benzene ring substituents is 1. The van der Waals surface area contributed by atoms with Gasteiger partial charge in [0.1, 0.15) is 6.61 Å². The van der Waals surface area contributed by atoms with Crippen molar-refractivity contribution in [2.45, 2.75) is 27.0 Å². The second-order valence-electron chi connectivity index (χ2n) is 6.77. The van der Waals surface area contributed by atoms with Gasteiger partial charge in [0.15, 0.2) is 11.5 Å². The maximum atomic E-state index is 10.8. The van der Waals surface area contributed by atoms with Crippen LogP contribution in [0.2, 0.25) is 0 Å². The highest BCUT2D eigenvalue weighted by Crippen LogP contribution is 2.37. The molecule has 0 fully saturated rings. The average molecular weight is 471 g/mol. The van der Waals surface area contributed by atoms with Crippen molar-refractivity contribution >= 4 is 27.3 Å². The molecule has 6 nitrogen and oxygen atoms in total. The van der Waals surface area contributed by atoms with Gasteiger partial charge in [-0.3, -0.25) is 10.1 Å². The predicted octanol–water partition coefficient (Wildman–Crippen LogP) is 6.26. The van der Waals surface area contributed by atoms with E-state index in [1.54, 1.807) is 12.1 Å². The quantitative estimate of drug-likeness (QED) is 0.295. The third kappa shape index (κ3) is 5.73. The third-order valence-corrected chi connectivity index (χ3v) is 5.04. The molecule has 3 aromatic carbocycles. The number of nitrogens with one attached hydrogen (secondary N) is 1. The summed E-state index contributed by atoms with van der Waals surface area (Å²) in [5.74, 6) is 1.25. The van der Waals surface area contributed by atoms with Crippen molar-refractivity contribution in [3.63, 3.8) is 0 Å². The molecule has 1 N–H and O–H groups in total. The van der Waals surface area contributed by atoms with Crippen LogP contribution in [0, 0.1) is 17.0 Å². The van der Waals surface area contributed by atoms with Crippen LogP contribution in [0.5, 0.6) is 11.5 Å². The van der Waals surface area contributed by atoms with Gasteiger partial charge in [-0.15, -0.1) is 0 Å². The number of aryl methyl sites for hydroxylation is 1. The maximum absolute atomic E-state index is 10.8. The molecule has 0 spiro atoms. The minimum atomic E-state index is -0.419. The van der Waals surface area contributed by atoms with E-state index >= 15 is 0 Å². The summed E-state index contributed by atoms with van der Waals surface area (Å²) in [5.41, 5.74) is 4.21. The van der Waals surface area contributed by atoms with Gasteiger partial charge in [0.05, 0.1) is 16.0 Å². The topological polar surface area (TPSA) is 73.6 Å². The molecule has 3 rings (SSSR count). The van der Waals surface area contributed by atoms with E-state index in [0.717, 1.165) is 21.3 Å². The van der Waals surface area contributed by atoms with Crippen LogP contribution in [0.15, 0.2) is 65.1 Å². The van der Waals surface area contributed by atoms with Crippen molar-refractivity contribution in [2.24, 2.45) is 0 Å². The van der Waals surface area contributed by atoms with Gasteiger partial charge in [0.2, 0.25) is 0 Å². The van der Waals surface area contributed by atoms with Crippen LogP contribution < -0.4 is 14.8 Å². The Labute approximate surface area is 184 Å². The lowest BCUT2D eigenvalue weighted by atomic mass is 10.1. The van der Waals surface area contributed by atoms with Crippen molar-refractivity contribution in [3.8, 4) is 11.5 Å². The van der Waals surface area contributed by atoms with E-state index in [-0.39, 0.29) is 12.3 Å². The van der Waals surface area contributed by atoms with Crippen LogP contribution in [-0.2, 0) is 13.2 Å². The van der Waals surface area contributed by atoms with Crippen LogP contribution in [0.1, 0.15) is 23.6 Å². The minimum Gasteiger partial charge on any atom is -0.490 e. The molecular weight excluding hydrogens is 448 g/mol. The van der Waals surface area contributed by atoms with Crippen LogP contribution in [0.4, 0.5) is 11.4 Å². The number of nitrogens with zero attached hydrogens (tertiary/aromatic N) is 1. The molecule has 0 unspecified atom stereocenters. The molecule has 30 heavy (non-hydrogen) atoms. The first-order chi connectivity index (χ1) is 14.5. The highest BCUT2D eigenvalue weighted by molar-refractivity contribution is 9.10. The van der Waals surface area contributed by atoms with Gasteiger partial charge in [0.25, 0.3) is 5.69 Å². The molecule has 7 heteroatoms. The molecule has 0 amide bonds. The van der Waals surface area contributed by atoms with Gasteiger partial charge in [-0.1, -0.05) is 17.7 Å². The summed E-state index contributed by atoms with van der Waals surface area (Å²) in [6, 6.07) is 18.5. The lowest BCUT2D eigenvalue weighted by Crippen LogP contribution is -2.04. The Hall–Kier alpha value is -3.06. The van der Waals surface area contributed by atoms with Crippen molar-refractivity contribution in [1.82, 2.24) is 0 Å². The van der Waals surface area contributed by atoms with Gasteiger partial charge in [0, 0.05) is 24.4 Å². The summed E-state index contributed by atoms with van der Waals surface area (Å²) in [6.07, 6.45) is 0. The molecule has 0 heterocycles. The van der Waals surface area contributed by atoms with E-state index in [1.807, 2.05) is 19.1 Å². The fraction of sp³-hybridized carbons (Fsp3) is 0.217. The highest BCUT2D eigenvalue weighted by atomic mass is 79.9. The smallest absolute Gasteiger partial charge is 0.269 e. The molecule has 0 saturated heterocycles. The van der Waals surface area contributed by atoms with Crippen molar-refractivity contribution in [2.75, 3.05) is 11.9 Å². The fourth-order valence-corrected chi connectivity index (χ4v) is 3.48. The molecule has 0 bridgehead atoms. The highest BCUT2D eigenvalue weighted by Gasteiger charge is 2.13. The summed E-state index contributed by atoms with van der Waals surface area (Å²) >= 11 is 3.59. The van der Waals surface area contributed by atoms with Crippen molar-refractivity contribution in [3.05, 3.63) is 91.9 Å². The van der Waals surface area contributed by atoms with E-state index in [0.29, 0.717) is 24.7 Å². The van der Waals surface area contributed by atoms with E-state index in [1.165, 1.54) is 17.7 Å². The normalized spacial score (nSPS) is 10.5. The Kier molecular flexibility index (Phi) is 7.30. The van der Waals surface area contributed by atoms with E-state index in [4.69, 9.17) is 9.47 Å². The second kappa shape index (κ2) is 10.1. The Morgan fingerprint density at radius 1 is 1.00 bits per heavy atom. The Bertz CT molecular complexity index is 1000. The zero-order valence-corrected chi connectivity index (χ0v) is 18.4. The minimum absolute atomic E-state index is 0.0559. The number of benzene rings is 3. The molecular formula is C23H23BrN2O4. The lowest BCUT2D eigenvalue weighted by molar-refractivity contribution is -0.384. The van der Waals surface area contributed by atoms with Gasteiger partial charge >= 0.3 is 0 Å². The molecule has 0 aromatic heterocycles. The standard InChI is InChI=1S/C23H23BrN2O4/c1-3-29-22-13-18(14-25-19-8-4-16(2)5-9-19)12-21(24)23(22)30-15-17-6-10-20(11-7-17)26(27)28/h4-13,25H,3,14-15H2,1-2H3. The summed E-state index contributed by atoms with van der Waals surface area (Å²) in [5, 5.41) is 14.2. The zero-order valence-electron chi connectivity index (χ0n) is 16.9. The van der Waals surface area contributed by atoms with Gasteiger partial charge in [-0.05, 0) is 77.3 Å². The van der Waals surface area contributed by atoms with Crippen LogP contribution in [0.25, 0.3) is 0 Å². The molecule has 0 aliphatic heterocycles. The van der Waals surface area contributed by atoms with E-state index in [2.05, 4.69) is 52.4 Å². The Balaban J connectivity index is 1.72. The van der Waals surface area contributed by atoms with Gasteiger partial charge in [-0.2, -0.15) is 0 Å². The van der Waals surface area contributed by atoms with Crippen molar-refractivity contribution in [1.29, 1.82) is 0 Å². The predicted molar refractivity (Wildman–Crippen MR) is 121 cm³/mol. The molecule has 0 atom stereocenters. The Morgan fingerprint density at radius 2 is 1.70 bits per heavy atom. The monoisotopic (exact) mass is 470 g/mol. The fourth-order valence-electron chi connectivity index (χ4n) is 2.87. The molecule has 3 aromatic rings. The number of non-ortho nitro benzene ring substituents is 1. The largest absolute Gasteiger partial charge is 0.490 e. The molecule has 0 saturated carbocycles. The number of rotatable bonds is 9. The summed E-state index contributed by atoms with van der Waals surface area (Å²) < 4.78 is 12.6.